The van der Waals surface area contributed by atoms with E-state index in [0.717, 1.165) is 12.8 Å². The predicted octanol–water partition coefficient (Wildman–Crippen LogP) is 3.24. The van der Waals surface area contributed by atoms with Crippen LogP contribution in [0.3, 0.4) is 0 Å². The fourth-order valence-corrected chi connectivity index (χ4v) is 2.88. The van der Waals surface area contributed by atoms with Gasteiger partial charge in [-0.1, -0.05) is 12.8 Å². The summed E-state index contributed by atoms with van der Waals surface area (Å²) in [7, 11) is -0.505. The first-order chi connectivity index (χ1) is 9.33. The van der Waals surface area contributed by atoms with Crippen LogP contribution in [-0.4, -0.2) is 36.6 Å². The van der Waals surface area contributed by atoms with Gasteiger partial charge in [0.1, 0.15) is 0 Å². The van der Waals surface area contributed by atoms with Crippen LogP contribution in [0.4, 0.5) is 0 Å². The highest BCUT2D eigenvalue weighted by molar-refractivity contribution is 6.73. The molecule has 0 N–H and O–H groups in total. The Morgan fingerprint density at radius 1 is 0.524 bits per heavy atom. The molecule has 3 fully saturated rings. The van der Waals surface area contributed by atoms with Gasteiger partial charge in [0.05, 0.1) is 22.4 Å². The fourth-order valence-electron chi connectivity index (χ4n) is 2.88. The Labute approximate surface area is 129 Å². The van der Waals surface area contributed by atoms with Gasteiger partial charge < -0.3 is 18.6 Å². The number of rotatable bonds is 2. The molecule has 6 heteroatoms. The van der Waals surface area contributed by atoms with Crippen LogP contribution >= 0.6 is 0 Å². The molecule has 1 aliphatic carbocycles. The summed E-state index contributed by atoms with van der Waals surface area (Å²) in [5.41, 5.74) is -1.23. The molecule has 3 rings (SSSR count). The molecule has 0 aromatic rings. The molecule has 1 saturated carbocycles. The Morgan fingerprint density at radius 3 is 0.952 bits per heavy atom. The van der Waals surface area contributed by atoms with Crippen molar-refractivity contribution in [2.24, 2.45) is 0 Å². The van der Waals surface area contributed by atoms with E-state index in [1.165, 1.54) is 0 Å². The lowest BCUT2D eigenvalue weighted by atomic mass is 9.47. The molecule has 4 nitrogen and oxygen atoms in total. The second kappa shape index (κ2) is 4.08. The van der Waals surface area contributed by atoms with E-state index in [-0.39, 0.29) is 41.9 Å². The second-order valence-corrected chi connectivity index (χ2v) is 8.91. The smallest absolute Gasteiger partial charge is 0.403 e. The zero-order valence-electron chi connectivity index (χ0n) is 14.7. The van der Waals surface area contributed by atoms with Crippen molar-refractivity contribution in [1.82, 2.24) is 0 Å². The minimum absolute atomic E-state index is 0.157. The first kappa shape index (κ1) is 15.8. The average Bonchev–Trinajstić information content (AvgIpc) is 2.97. The van der Waals surface area contributed by atoms with Gasteiger partial charge in [0.15, 0.2) is 0 Å². The maximum Gasteiger partial charge on any atom is 0.462 e. The average molecular weight is 294 g/mol. The normalized spacial score (nSPS) is 34.3. The van der Waals surface area contributed by atoms with Crippen molar-refractivity contribution in [3.8, 4) is 0 Å². The summed E-state index contributed by atoms with van der Waals surface area (Å²) in [5.74, 6) is 0. The largest absolute Gasteiger partial charge is 0.462 e. The summed E-state index contributed by atoms with van der Waals surface area (Å²) < 4.78 is 25.0. The Bertz CT molecular complexity index is 385. The van der Waals surface area contributed by atoms with Gasteiger partial charge in [0.2, 0.25) is 0 Å². The monoisotopic (exact) mass is 294 g/mol. The standard InChI is InChI=1S/C15H28B2O4/c1-11(2)12(3,4)19-16(18-11)15(9-10-15)17-20-13(5,6)14(7,8)21-17/h9-10H2,1-8H3. The van der Waals surface area contributed by atoms with E-state index in [1.807, 2.05) is 0 Å². The van der Waals surface area contributed by atoms with Crippen molar-refractivity contribution in [3.05, 3.63) is 0 Å². The summed E-state index contributed by atoms with van der Waals surface area (Å²) in [5, 5.41) is -0.157. The van der Waals surface area contributed by atoms with Crippen LogP contribution in [0, 0.1) is 0 Å². The maximum atomic E-state index is 6.26. The van der Waals surface area contributed by atoms with E-state index in [0.29, 0.717) is 0 Å². The van der Waals surface area contributed by atoms with Crippen molar-refractivity contribution in [3.63, 3.8) is 0 Å². The van der Waals surface area contributed by atoms with E-state index in [9.17, 15) is 0 Å². The minimum atomic E-state index is -0.309. The van der Waals surface area contributed by atoms with E-state index >= 15 is 0 Å². The third kappa shape index (κ3) is 2.13. The molecule has 0 unspecified atom stereocenters. The molecule has 0 amide bonds. The van der Waals surface area contributed by atoms with Crippen LogP contribution in [0.15, 0.2) is 0 Å². The van der Waals surface area contributed by atoms with E-state index in [4.69, 9.17) is 18.6 Å². The molecule has 118 valence electrons. The van der Waals surface area contributed by atoms with Gasteiger partial charge in [0, 0.05) is 5.21 Å². The zero-order chi connectivity index (χ0) is 15.9. The minimum Gasteiger partial charge on any atom is -0.403 e. The van der Waals surface area contributed by atoms with Gasteiger partial charge >= 0.3 is 14.2 Å². The third-order valence-corrected chi connectivity index (χ3v) is 6.27. The quantitative estimate of drug-likeness (QED) is 0.733. The molecule has 0 radical (unpaired) electrons. The van der Waals surface area contributed by atoms with Crippen molar-refractivity contribution in [2.45, 2.75) is 95.8 Å². The topological polar surface area (TPSA) is 36.9 Å². The van der Waals surface area contributed by atoms with Crippen molar-refractivity contribution >= 4 is 14.2 Å². The van der Waals surface area contributed by atoms with E-state index < -0.39 is 0 Å². The molecule has 0 atom stereocenters. The summed E-state index contributed by atoms with van der Waals surface area (Å²) in [6.07, 6.45) is 2.06. The molecule has 3 aliphatic rings. The Balaban J connectivity index is 1.82. The maximum absolute atomic E-state index is 6.26. The first-order valence-electron chi connectivity index (χ1n) is 8.04. The molecule has 0 spiro atoms. The molecule has 21 heavy (non-hydrogen) atoms. The van der Waals surface area contributed by atoms with Crippen molar-refractivity contribution < 1.29 is 18.6 Å². The Hall–Kier alpha value is -0.0301. The first-order valence-corrected chi connectivity index (χ1v) is 8.04. The molecule has 0 bridgehead atoms. The van der Waals surface area contributed by atoms with Crippen molar-refractivity contribution in [1.29, 1.82) is 0 Å². The lowest BCUT2D eigenvalue weighted by molar-refractivity contribution is 0.00578. The number of hydrogen-bond donors (Lipinski definition) is 0. The Morgan fingerprint density at radius 2 is 0.762 bits per heavy atom. The molecule has 2 aliphatic heterocycles. The lowest BCUT2D eigenvalue weighted by Crippen LogP contribution is -2.41. The highest BCUT2D eigenvalue weighted by Crippen LogP contribution is 2.64. The highest BCUT2D eigenvalue weighted by Gasteiger charge is 2.74. The van der Waals surface area contributed by atoms with Gasteiger partial charge in [-0.3, -0.25) is 0 Å². The SMILES string of the molecule is CC1(C)OB(C2(B3OC(C)(C)C(C)(C)O3)CC2)OC1(C)C. The van der Waals surface area contributed by atoms with Crippen LogP contribution in [-0.2, 0) is 18.6 Å². The molecular weight excluding hydrogens is 266 g/mol. The Kier molecular flexibility index (Phi) is 3.08. The molecular formula is C15H28B2O4. The molecule has 0 aromatic carbocycles. The lowest BCUT2D eigenvalue weighted by Gasteiger charge is -2.32. The molecule has 2 heterocycles. The third-order valence-electron chi connectivity index (χ3n) is 6.27. The summed E-state index contributed by atoms with van der Waals surface area (Å²) in [6.45, 7) is 16.7. The summed E-state index contributed by atoms with van der Waals surface area (Å²) in [4.78, 5) is 0. The van der Waals surface area contributed by atoms with Crippen molar-refractivity contribution in [2.75, 3.05) is 0 Å². The highest BCUT2D eigenvalue weighted by atomic mass is 16.7. The predicted molar refractivity (Wildman–Crippen MR) is 84.1 cm³/mol. The molecule has 2 saturated heterocycles. The van der Waals surface area contributed by atoms with Crippen LogP contribution in [0.2, 0.25) is 5.21 Å². The zero-order valence-corrected chi connectivity index (χ0v) is 14.7. The van der Waals surface area contributed by atoms with Gasteiger partial charge in [-0.25, -0.2) is 0 Å². The number of hydrogen-bond acceptors (Lipinski definition) is 4. The van der Waals surface area contributed by atoms with Crippen LogP contribution < -0.4 is 0 Å². The van der Waals surface area contributed by atoms with E-state index in [2.05, 4.69) is 55.4 Å². The fraction of sp³-hybridized carbons (Fsp3) is 1.00. The summed E-state index contributed by atoms with van der Waals surface area (Å²) in [6, 6.07) is 0. The van der Waals surface area contributed by atoms with Gasteiger partial charge in [0.25, 0.3) is 0 Å². The van der Waals surface area contributed by atoms with Gasteiger partial charge in [-0.2, -0.15) is 0 Å². The van der Waals surface area contributed by atoms with Gasteiger partial charge in [-0.15, -0.1) is 0 Å². The van der Waals surface area contributed by atoms with Crippen LogP contribution in [0.25, 0.3) is 0 Å². The summed E-state index contributed by atoms with van der Waals surface area (Å²) >= 11 is 0. The van der Waals surface area contributed by atoms with Crippen LogP contribution in [0.5, 0.6) is 0 Å². The second-order valence-electron chi connectivity index (χ2n) is 8.91. The van der Waals surface area contributed by atoms with E-state index in [1.54, 1.807) is 0 Å². The van der Waals surface area contributed by atoms with Gasteiger partial charge in [-0.05, 0) is 55.4 Å². The molecule has 0 aromatic heterocycles. The van der Waals surface area contributed by atoms with Crippen LogP contribution in [0.1, 0.15) is 68.2 Å².